The van der Waals surface area contributed by atoms with E-state index in [4.69, 9.17) is 4.74 Å². The molecule has 0 atom stereocenters. The van der Waals surface area contributed by atoms with Crippen LogP contribution in [0.4, 0.5) is 0 Å². The molecule has 0 aliphatic heterocycles. The van der Waals surface area contributed by atoms with Gasteiger partial charge < -0.3 is 4.74 Å². The molecule has 0 heterocycles. The van der Waals surface area contributed by atoms with Gasteiger partial charge in [-0.2, -0.15) is 0 Å². The predicted molar refractivity (Wildman–Crippen MR) is 45.8 cm³/mol. The molecule has 0 radical (unpaired) electrons. The van der Waals surface area contributed by atoms with E-state index in [9.17, 15) is 9.59 Å². The van der Waals surface area contributed by atoms with Gasteiger partial charge in [-0.1, -0.05) is 19.8 Å². The Morgan fingerprint density at radius 2 is 1.92 bits per heavy atom. The van der Waals surface area contributed by atoms with Crippen molar-refractivity contribution in [2.75, 3.05) is 6.61 Å². The second-order valence-corrected chi connectivity index (χ2v) is 2.81. The van der Waals surface area contributed by atoms with Crippen LogP contribution >= 0.6 is 0 Å². The number of Topliss-reactive ketones (excluding diaryl/α,β-unsaturated/α-hetero) is 1. The number of rotatable bonds is 6. The number of carbonyl (C=O) groups excluding carboxylic acids is 2. The van der Waals surface area contributed by atoms with Crippen molar-refractivity contribution in [3.63, 3.8) is 0 Å². The highest BCUT2D eigenvalue weighted by Crippen LogP contribution is 1.95. The predicted octanol–water partition coefficient (Wildman–Crippen LogP) is 1.70. The Kier molecular flexibility index (Phi) is 6.34. The van der Waals surface area contributed by atoms with Crippen molar-refractivity contribution in [3.8, 4) is 0 Å². The first-order valence-electron chi connectivity index (χ1n) is 4.32. The van der Waals surface area contributed by atoms with Gasteiger partial charge in [-0.05, 0) is 13.3 Å². The lowest BCUT2D eigenvalue weighted by atomic mass is 10.3. The van der Waals surface area contributed by atoms with Gasteiger partial charge in [-0.15, -0.1) is 0 Å². The number of unbranched alkanes of at least 4 members (excludes halogenated alkanes) is 2. The molecule has 0 aliphatic carbocycles. The van der Waals surface area contributed by atoms with Crippen molar-refractivity contribution in [2.24, 2.45) is 0 Å². The highest BCUT2D eigenvalue weighted by Gasteiger charge is 2.04. The van der Waals surface area contributed by atoms with Gasteiger partial charge in [0, 0.05) is 0 Å². The number of hydrogen-bond acceptors (Lipinski definition) is 3. The summed E-state index contributed by atoms with van der Waals surface area (Å²) in [5, 5.41) is 0. The summed E-state index contributed by atoms with van der Waals surface area (Å²) in [7, 11) is 0. The molecule has 0 bridgehead atoms. The van der Waals surface area contributed by atoms with Crippen LogP contribution in [-0.4, -0.2) is 18.4 Å². The highest BCUT2D eigenvalue weighted by atomic mass is 16.5. The number of ketones is 1. The fourth-order valence-corrected chi connectivity index (χ4v) is 0.792. The highest BCUT2D eigenvalue weighted by molar-refractivity contribution is 5.94. The molecule has 0 saturated carbocycles. The van der Waals surface area contributed by atoms with Crippen molar-refractivity contribution >= 4 is 11.8 Å². The Labute approximate surface area is 73.1 Å². The average Bonchev–Trinajstić information content (AvgIpc) is 1.97. The normalized spacial score (nSPS) is 9.50. The van der Waals surface area contributed by atoms with Crippen LogP contribution in [0.1, 0.15) is 39.5 Å². The van der Waals surface area contributed by atoms with Gasteiger partial charge in [0.25, 0.3) is 0 Å². The van der Waals surface area contributed by atoms with Crippen LogP contribution in [0.25, 0.3) is 0 Å². The van der Waals surface area contributed by atoms with Gasteiger partial charge in [-0.3, -0.25) is 9.59 Å². The molecule has 3 heteroatoms. The van der Waals surface area contributed by atoms with E-state index < -0.39 is 5.97 Å². The van der Waals surface area contributed by atoms with E-state index >= 15 is 0 Å². The minimum atomic E-state index is -0.404. The molecule has 0 amide bonds. The molecule has 0 saturated heterocycles. The minimum absolute atomic E-state index is 0.0911. The van der Waals surface area contributed by atoms with Gasteiger partial charge in [0.05, 0.1) is 6.61 Å². The molecule has 0 aromatic carbocycles. The average molecular weight is 172 g/mol. The zero-order valence-corrected chi connectivity index (χ0v) is 7.76. The van der Waals surface area contributed by atoms with Crippen LogP contribution in [0.15, 0.2) is 0 Å². The summed E-state index contributed by atoms with van der Waals surface area (Å²) in [5.41, 5.74) is 0. The third-order valence-electron chi connectivity index (χ3n) is 1.40. The van der Waals surface area contributed by atoms with E-state index in [-0.39, 0.29) is 12.2 Å². The quantitative estimate of drug-likeness (QED) is 0.348. The third kappa shape index (κ3) is 7.25. The van der Waals surface area contributed by atoms with Crippen molar-refractivity contribution in [1.29, 1.82) is 0 Å². The summed E-state index contributed by atoms with van der Waals surface area (Å²) >= 11 is 0. The SMILES string of the molecule is CCCCCOC(=O)CC(C)=O. The first kappa shape index (κ1) is 11.1. The first-order valence-corrected chi connectivity index (χ1v) is 4.32. The maximum atomic E-state index is 10.8. The van der Waals surface area contributed by atoms with E-state index in [0.717, 1.165) is 19.3 Å². The molecule has 3 nitrogen and oxygen atoms in total. The molecule has 0 rings (SSSR count). The summed E-state index contributed by atoms with van der Waals surface area (Å²) in [6.45, 7) is 3.91. The fraction of sp³-hybridized carbons (Fsp3) is 0.778. The number of ether oxygens (including phenoxy) is 1. The Morgan fingerprint density at radius 1 is 1.25 bits per heavy atom. The van der Waals surface area contributed by atoms with Gasteiger partial charge in [0.15, 0.2) is 0 Å². The summed E-state index contributed by atoms with van der Waals surface area (Å²) in [6, 6.07) is 0. The fourth-order valence-electron chi connectivity index (χ4n) is 0.792. The number of hydrogen-bond donors (Lipinski definition) is 0. The summed E-state index contributed by atoms with van der Waals surface area (Å²) in [4.78, 5) is 21.2. The molecule has 70 valence electrons. The maximum absolute atomic E-state index is 10.8. The van der Waals surface area contributed by atoms with Crippen LogP contribution in [-0.2, 0) is 14.3 Å². The summed E-state index contributed by atoms with van der Waals surface area (Å²) in [6.07, 6.45) is 2.96. The molecule has 0 unspecified atom stereocenters. The third-order valence-corrected chi connectivity index (χ3v) is 1.40. The maximum Gasteiger partial charge on any atom is 0.313 e. The first-order chi connectivity index (χ1) is 5.66. The van der Waals surface area contributed by atoms with Gasteiger partial charge in [0.2, 0.25) is 0 Å². The topological polar surface area (TPSA) is 43.4 Å². The van der Waals surface area contributed by atoms with Crippen molar-refractivity contribution < 1.29 is 14.3 Å². The second-order valence-electron chi connectivity index (χ2n) is 2.81. The lowest BCUT2D eigenvalue weighted by Gasteiger charge is -2.01. The van der Waals surface area contributed by atoms with Crippen molar-refractivity contribution in [1.82, 2.24) is 0 Å². The van der Waals surface area contributed by atoms with E-state index in [2.05, 4.69) is 6.92 Å². The van der Waals surface area contributed by atoms with Crippen LogP contribution in [0, 0.1) is 0 Å². The lowest BCUT2D eigenvalue weighted by Crippen LogP contribution is -2.09. The van der Waals surface area contributed by atoms with E-state index in [0.29, 0.717) is 6.61 Å². The number of carbonyl (C=O) groups is 2. The lowest BCUT2D eigenvalue weighted by molar-refractivity contribution is -0.145. The van der Waals surface area contributed by atoms with Crippen LogP contribution in [0.3, 0.4) is 0 Å². The summed E-state index contributed by atoms with van der Waals surface area (Å²) < 4.78 is 4.80. The molecule has 0 spiro atoms. The van der Waals surface area contributed by atoms with Crippen molar-refractivity contribution in [2.45, 2.75) is 39.5 Å². The zero-order valence-electron chi connectivity index (χ0n) is 7.76. The number of esters is 1. The van der Waals surface area contributed by atoms with Gasteiger partial charge in [0.1, 0.15) is 12.2 Å². The molecule has 12 heavy (non-hydrogen) atoms. The second kappa shape index (κ2) is 6.83. The smallest absolute Gasteiger partial charge is 0.313 e. The van der Waals surface area contributed by atoms with Crippen LogP contribution in [0.5, 0.6) is 0 Å². The van der Waals surface area contributed by atoms with Crippen LogP contribution in [0.2, 0.25) is 0 Å². The van der Waals surface area contributed by atoms with Crippen LogP contribution < -0.4 is 0 Å². The Morgan fingerprint density at radius 3 is 2.42 bits per heavy atom. The largest absolute Gasteiger partial charge is 0.465 e. The van der Waals surface area contributed by atoms with Gasteiger partial charge in [-0.25, -0.2) is 0 Å². The monoisotopic (exact) mass is 172 g/mol. The minimum Gasteiger partial charge on any atom is -0.465 e. The van der Waals surface area contributed by atoms with Crippen molar-refractivity contribution in [3.05, 3.63) is 0 Å². The molecule has 0 aliphatic rings. The van der Waals surface area contributed by atoms with Gasteiger partial charge >= 0.3 is 5.97 Å². The molecule has 0 N–H and O–H groups in total. The Balaban J connectivity index is 3.26. The standard InChI is InChI=1S/C9H16O3/c1-3-4-5-6-12-9(11)7-8(2)10/h3-7H2,1-2H3. The molecular weight excluding hydrogens is 156 g/mol. The van der Waals surface area contributed by atoms with E-state index in [1.54, 1.807) is 0 Å². The Bertz CT molecular complexity index is 152. The molecule has 0 fully saturated rings. The Hall–Kier alpha value is -0.860. The summed E-state index contributed by atoms with van der Waals surface area (Å²) in [5.74, 6) is -0.547. The molecule has 0 aromatic heterocycles. The molecule has 0 aromatic rings. The molecular formula is C9H16O3. The van der Waals surface area contributed by atoms with E-state index in [1.165, 1.54) is 6.92 Å². The zero-order chi connectivity index (χ0) is 9.40. The van der Waals surface area contributed by atoms with E-state index in [1.807, 2.05) is 0 Å².